The molecule has 0 aromatic heterocycles. The Kier molecular flexibility index (Phi) is 5.87. The maximum Gasteiger partial charge on any atom is 0.219 e. The molecule has 0 aliphatic rings. The molecule has 0 fully saturated rings. The first-order valence-electron chi connectivity index (χ1n) is 6.01. The summed E-state index contributed by atoms with van der Waals surface area (Å²) in [4.78, 5) is 10.3. The van der Waals surface area contributed by atoms with Gasteiger partial charge in [-0.2, -0.15) is 0 Å². The molecule has 0 spiro atoms. The number of aromatic hydroxyl groups is 1. The van der Waals surface area contributed by atoms with Crippen LogP contribution in [0.2, 0.25) is 25.1 Å². The summed E-state index contributed by atoms with van der Waals surface area (Å²) in [6, 6.07) is 2.59. The molecular formula is C14H9Cl5O4. The molecule has 124 valence electrons. The fourth-order valence-corrected chi connectivity index (χ4v) is 3.05. The van der Waals surface area contributed by atoms with Crippen molar-refractivity contribution in [2.75, 3.05) is 7.11 Å². The zero-order valence-corrected chi connectivity index (χ0v) is 15.5. The van der Waals surface area contributed by atoms with Gasteiger partial charge < -0.3 is 9.84 Å². The molecule has 9 heteroatoms. The van der Waals surface area contributed by atoms with Crippen molar-refractivity contribution in [2.45, 2.75) is 6.92 Å². The Bertz CT molecular complexity index is 764. The summed E-state index contributed by atoms with van der Waals surface area (Å²) in [7, 11) is 1.39. The third-order valence-corrected chi connectivity index (χ3v) is 4.72. The van der Waals surface area contributed by atoms with E-state index in [0.717, 1.165) is 0 Å². The number of phenolic OH excluding ortho intramolecular Hbond substituents is 1. The van der Waals surface area contributed by atoms with Gasteiger partial charge in [-0.15, -0.1) is 0 Å². The number of benzene rings is 2. The first-order chi connectivity index (χ1) is 10.8. The van der Waals surface area contributed by atoms with Crippen molar-refractivity contribution in [1.29, 1.82) is 0 Å². The topological polar surface area (TPSA) is 47.9 Å². The van der Waals surface area contributed by atoms with Crippen molar-refractivity contribution in [2.24, 2.45) is 0 Å². The lowest BCUT2D eigenvalue weighted by Gasteiger charge is -2.14. The average molecular weight is 418 g/mol. The Balaban J connectivity index is 2.36. The van der Waals surface area contributed by atoms with Crippen molar-refractivity contribution in [3.63, 3.8) is 0 Å². The van der Waals surface area contributed by atoms with Crippen molar-refractivity contribution >= 4 is 58.0 Å². The van der Waals surface area contributed by atoms with Gasteiger partial charge in [0.05, 0.1) is 27.2 Å². The van der Waals surface area contributed by atoms with Gasteiger partial charge >= 0.3 is 0 Å². The number of hydrogen-bond donors (Lipinski definition) is 1. The summed E-state index contributed by atoms with van der Waals surface area (Å²) in [5.74, 6) is -0.0135. The molecule has 0 saturated carbocycles. The Morgan fingerprint density at radius 3 is 2.04 bits per heavy atom. The Labute approximate surface area is 157 Å². The second kappa shape index (κ2) is 7.32. The van der Waals surface area contributed by atoms with E-state index >= 15 is 0 Å². The molecule has 4 nitrogen and oxygen atoms in total. The van der Waals surface area contributed by atoms with E-state index in [0.29, 0.717) is 5.56 Å². The molecule has 0 radical (unpaired) electrons. The minimum Gasteiger partial charge on any atom is -0.506 e. The van der Waals surface area contributed by atoms with E-state index in [1.807, 2.05) is 0 Å². The van der Waals surface area contributed by atoms with Crippen molar-refractivity contribution in [1.82, 2.24) is 0 Å². The zero-order chi connectivity index (χ0) is 17.3. The molecule has 0 amide bonds. The zero-order valence-electron chi connectivity index (χ0n) is 11.7. The van der Waals surface area contributed by atoms with Gasteiger partial charge in [0.1, 0.15) is 10.8 Å². The van der Waals surface area contributed by atoms with Crippen molar-refractivity contribution in [3.8, 4) is 23.0 Å². The summed E-state index contributed by atoms with van der Waals surface area (Å²) < 4.78 is 5.06. The maximum atomic E-state index is 9.71. The molecule has 0 heterocycles. The number of rotatable bonds is 4. The number of ether oxygens (including phenoxy) is 1. The second-order valence-corrected chi connectivity index (χ2v) is 6.28. The molecule has 0 unspecified atom stereocenters. The first kappa shape index (κ1) is 18.4. The van der Waals surface area contributed by atoms with Crippen LogP contribution in [0.15, 0.2) is 12.1 Å². The van der Waals surface area contributed by atoms with Crippen LogP contribution in [-0.4, -0.2) is 12.2 Å². The Morgan fingerprint density at radius 1 is 0.826 bits per heavy atom. The van der Waals surface area contributed by atoms with Crippen LogP contribution in [0.25, 0.3) is 0 Å². The van der Waals surface area contributed by atoms with Gasteiger partial charge in [0.25, 0.3) is 0 Å². The highest BCUT2D eigenvalue weighted by atomic mass is 35.5. The molecule has 0 bridgehead atoms. The number of halogens is 5. The standard InChI is InChI=1S/C14H9Cl5O4/c1-5-10(17)8(20)4-9(11(5)18)22-23-14-7(16)3-6(15)13(21-2)12(14)19/h3-4,20H,1-2H3. The number of phenols is 1. The average Bonchev–Trinajstić information content (AvgIpc) is 2.49. The van der Waals surface area contributed by atoms with Gasteiger partial charge in [0.2, 0.25) is 11.5 Å². The number of hydrogen-bond acceptors (Lipinski definition) is 4. The lowest BCUT2D eigenvalue weighted by Crippen LogP contribution is -2.03. The van der Waals surface area contributed by atoms with Gasteiger partial charge in [-0.05, 0) is 18.6 Å². The Morgan fingerprint density at radius 2 is 1.43 bits per heavy atom. The SMILES string of the molecule is COc1c(Cl)cc(Cl)c(OOc2cc(O)c(Cl)c(C)c2Cl)c1Cl. The molecule has 0 aliphatic heterocycles. The highest BCUT2D eigenvalue weighted by Crippen LogP contribution is 2.45. The predicted octanol–water partition coefficient (Wildman–Crippen LogP) is 6.35. The summed E-state index contributed by atoms with van der Waals surface area (Å²) in [5.41, 5.74) is 0.429. The van der Waals surface area contributed by atoms with Crippen LogP contribution in [0.3, 0.4) is 0 Å². The summed E-state index contributed by atoms with van der Waals surface area (Å²) in [5, 5.41) is 10.3. The van der Waals surface area contributed by atoms with Gasteiger partial charge in [-0.25, -0.2) is 0 Å². The van der Waals surface area contributed by atoms with Crippen LogP contribution >= 0.6 is 58.0 Å². The molecular weight excluding hydrogens is 409 g/mol. The van der Waals surface area contributed by atoms with E-state index in [9.17, 15) is 5.11 Å². The highest BCUT2D eigenvalue weighted by molar-refractivity contribution is 6.42. The van der Waals surface area contributed by atoms with E-state index < -0.39 is 0 Å². The number of methoxy groups -OCH3 is 1. The third-order valence-electron chi connectivity index (χ3n) is 2.87. The van der Waals surface area contributed by atoms with Crippen LogP contribution in [-0.2, 0) is 0 Å². The molecule has 1 N–H and O–H groups in total. The quantitative estimate of drug-likeness (QED) is 0.464. The minimum absolute atomic E-state index is 0.0160. The summed E-state index contributed by atoms with van der Waals surface area (Å²) >= 11 is 30.0. The van der Waals surface area contributed by atoms with E-state index in [1.165, 1.54) is 19.2 Å². The van der Waals surface area contributed by atoms with Gasteiger partial charge in [-0.3, -0.25) is 9.78 Å². The molecule has 0 saturated heterocycles. The minimum atomic E-state index is -0.210. The smallest absolute Gasteiger partial charge is 0.219 e. The second-order valence-electron chi connectivity index (χ2n) is 4.33. The molecule has 2 aromatic carbocycles. The monoisotopic (exact) mass is 416 g/mol. The molecule has 0 aliphatic carbocycles. The van der Waals surface area contributed by atoms with Gasteiger partial charge in [0.15, 0.2) is 5.75 Å². The summed E-state index contributed by atoms with van der Waals surface area (Å²) in [6.07, 6.45) is 0. The van der Waals surface area contributed by atoms with Gasteiger partial charge in [-0.1, -0.05) is 58.0 Å². The van der Waals surface area contributed by atoms with E-state index in [4.69, 9.17) is 72.5 Å². The van der Waals surface area contributed by atoms with Crippen LogP contribution in [0.1, 0.15) is 5.56 Å². The van der Waals surface area contributed by atoms with E-state index in [-0.39, 0.29) is 48.1 Å². The van der Waals surface area contributed by atoms with Crippen LogP contribution < -0.4 is 14.5 Å². The predicted molar refractivity (Wildman–Crippen MR) is 92.1 cm³/mol. The molecule has 0 atom stereocenters. The molecule has 2 aromatic rings. The Hall–Kier alpha value is -0.910. The van der Waals surface area contributed by atoms with E-state index in [1.54, 1.807) is 6.92 Å². The molecule has 23 heavy (non-hydrogen) atoms. The fraction of sp³-hybridized carbons (Fsp3) is 0.143. The summed E-state index contributed by atoms with van der Waals surface area (Å²) in [6.45, 7) is 1.61. The van der Waals surface area contributed by atoms with Crippen LogP contribution in [0.5, 0.6) is 23.0 Å². The maximum absolute atomic E-state index is 9.71. The highest BCUT2D eigenvalue weighted by Gasteiger charge is 2.20. The first-order valence-corrected chi connectivity index (χ1v) is 7.90. The lowest BCUT2D eigenvalue weighted by atomic mass is 10.2. The van der Waals surface area contributed by atoms with Crippen LogP contribution in [0.4, 0.5) is 0 Å². The van der Waals surface area contributed by atoms with E-state index in [2.05, 4.69) is 0 Å². The fourth-order valence-electron chi connectivity index (χ4n) is 1.69. The van der Waals surface area contributed by atoms with Crippen LogP contribution in [0, 0.1) is 6.92 Å². The van der Waals surface area contributed by atoms with Crippen molar-refractivity contribution in [3.05, 3.63) is 42.8 Å². The van der Waals surface area contributed by atoms with Gasteiger partial charge in [0, 0.05) is 6.07 Å². The lowest BCUT2D eigenvalue weighted by molar-refractivity contribution is -0.0998. The third kappa shape index (κ3) is 3.62. The largest absolute Gasteiger partial charge is 0.506 e. The normalized spacial score (nSPS) is 10.6. The van der Waals surface area contributed by atoms with Crippen molar-refractivity contribution < 1.29 is 19.6 Å². The molecule has 2 rings (SSSR count).